The molecule has 0 atom stereocenters. The Morgan fingerprint density at radius 1 is 1.25 bits per heavy atom. The van der Waals surface area contributed by atoms with E-state index in [-0.39, 0.29) is 37.0 Å². The number of hydrogen-bond donors (Lipinski definition) is 2. The number of nitrogens with zero attached hydrogens (tertiary/aromatic N) is 1. The Morgan fingerprint density at radius 2 is 2.07 bits per heavy atom. The molecule has 0 unspecified atom stereocenters. The molecule has 8 heteroatoms. The van der Waals surface area contributed by atoms with E-state index in [2.05, 4.69) is 5.32 Å². The molecule has 2 N–H and O–H groups in total. The van der Waals surface area contributed by atoms with Gasteiger partial charge in [0, 0.05) is 17.3 Å². The summed E-state index contributed by atoms with van der Waals surface area (Å²) < 4.78 is 25.7. The van der Waals surface area contributed by atoms with Gasteiger partial charge in [-0.05, 0) is 18.2 Å². The molecule has 0 spiro atoms. The summed E-state index contributed by atoms with van der Waals surface area (Å²) in [6.45, 7) is -0.469. The fourth-order valence-corrected chi connectivity index (χ4v) is 2.57. The first kappa shape index (κ1) is 19.4. The third-order valence-corrected chi connectivity index (χ3v) is 4.04. The van der Waals surface area contributed by atoms with Crippen molar-refractivity contribution in [2.75, 3.05) is 0 Å². The number of halogens is 1. The number of rotatable bonds is 8. The second-order valence-corrected chi connectivity index (χ2v) is 6.02. The number of pyridine rings is 1. The first-order valence-electron chi connectivity index (χ1n) is 8.56. The SMILES string of the molecule is O=C(Cn1cc(OCc2ccccc2F)c(=O)cc1CO)NCc1ccco1. The molecule has 0 radical (unpaired) electrons. The number of carbonyl (C=O) groups is 1. The molecule has 146 valence electrons. The van der Waals surface area contributed by atoms with E-state index in [1.807, 2.05) is 0 Å². The zero-order valence-corrected chi connectivity index (χ0v) is 14.9. The van der Waals surface area contributed by atoms with Gasteiger partial charge in [-0.2, -0.15) is 0 Å². The molecule has 1 aromatic carbocycles. The third kappa shape index (κ3) is 4.86. The number of furan rings is 1. The monoisotopic (exact) mass is 386 g/mol. The highest BCUT2D eigenvalue weighted by molar-refractivity contribution is 5.75. The number of ether oxygens (including phenoxy) is 1. The summed E-state index contributed by atoms with van der Waals surface area (Å²) >= 11 is 0. The third-order valence-electron chi connectivity index (χ3n) is 4.04. The Kier molecular flexibility index (Phi) is 6.23. The van der Waals surface area contributed by atoms with Crippen LogP contribution >= 0.6 is 0 Å². The van der Waals surface area contributed by atoms with Gasteiger partial charge in [-0.25, -0.2) is 4.39 Å². The van der Waals surface area contributed by atoms with Gasteiger partial charge in [-0.3, -0.25) is 9.59 Å². The van der Waals surface area contributed by atoms with Crippen LogP contribution in [-0.4, -0.2) is 15.6 Å². The highest BCUT2D eigenvalue weighted by Gasteiger charge is 2.12. The summed E-state index contributed by atoms with van der Waals surface area (Å²) in [5.74, 6) is -0.217. The summed E-state index contributed by atoms with van der Waals surface area (Å²) in [7, 11) is 0. The van der Waals surface area contributed by atoms with E-state index in [0.717, 1.165) is 0 Å². The Bertz CT molecular complexity index is 998. The molecule has 0 saturated heterocycles. The lowest BCUT2D eigenvalue weighted by Gasteiger charge is -2.14. The minimum Gasteiger partial charge on any atom is -0.483 e. The van der Waals surface area contributed by atoms with Crippen LogP contribution in [0.15, 0.2) is 64.1 Å². The maximum Gasteiger partial charge on any atom is 0.240 e. The Morgan fingerprint density at radius 3 is 2.79 bits per heavy atom. The van der Waals surface area contributed by atoms with Crippen molar-refractivity contribution >= 4 is 5.91 Å². The molecule has 0 bridgehead atoms. The number of aliphatic hydroxyl groups is 1. The summed E-state index contributed by atoms with van der Waals surface area (Å²) in [4.78, 5) is 24.3. The number of nitrogens with one attached hydrogen (secondary N) is 1. The van der Waals surface area contributed by atoms with Crippen LogP contribution in [0.2, 0.25) is 0 Å². The van der Waals surface area contributed by atoms with E-state index in [1.54, 1.807) is 30.3 Å². The van der Waals surface area contributed by atoms with Gasteiger partial charge in [0.25, 0.3) is 0 Å². The van der Waals surface area contributed by atoms with Crippen molar-refractivity contribution in [3.63, 3.8) is 0 Å². The van der Waals surface area contributed by atoms with Crippen LogP contribution < -0.4 is 15.5 Å². The molecule has 2 heterocycles. The van der Waals surface area contributed by atoms with Crippen molar-refractivity contribution in [2.45, 2.75) is 26.3 Å². The van der Waals surface area contributed by atoms with E-state index < -0.39 is 17.9 Å². The van der Waals surface area contributed by atoms with E-state index in [4.69, 9.17) is 9.15 Å². The van der Waals surface area contributed by atoms with Gasteiger partial charge in [0.05, 0.1) is 25.6 Å². The van der Waals surface area contributed by atoms with E-state index in [1.165, 1.54) is 29.2 Å². The number of benzene rings is 1. The molecule has 0 aliphatic rings. The normalized spacial score (nSPS) is 10.6. The molecule has 0 aliphatic heterocycles. The van der Waals surface area contributed by atoms with Crippen LogP contribution in [0.25, 0.3) is 0 Å². The average Bonchev–Trinajstić information content (AvgIpc) is 3.21. The van der Waals surface area contributed by atoms with E-state index in [9.17, 15) is 19.1 Å². The molecular weight excluding hydrogens is 367 g/mol. The minimum absolute atomic E-state index is 0.0423. The van der Waals surface area contributed by atoms with Gasteiger partial charge in [-0.1, -0.05) is 18.2 Å². The van der Waals surface area contributed by atoms with Gasteiger partial charge >= 0.3 is 0 Å². The van der Waals surface area contributed by atoms with Crippen molar-refractivity contribution in [3.8, 4) is 5.75 Å². The van der Waals surface area contributed by atoms with E-state index >= 15 is 0 Å². The van der Waals surface area contributed by atoms with Gasteiger partial charge in [-0.15, -0.1) is 0 Å². The number of aromatic nitrogens is 1. The largest absolute Gasteiger partial charge is 0.483 e. The van der Waals surface area contributed by atoms with Gasteiger partial charge in [0.1, 0.15) is 24.7 Å². The molecule has 3 rings (SSSR count). The maximum atomic E-state index is 13.7. The fraction of sp³-hybridized carbons (Fsp3) is 0.200. The molecule has 7 nitrogen and oxygen atoms in total. The molecule has 0 aliphatic carbocycles. The molecule has 0 saturated carbocycles. The highest BCUT2D eigenvalue weighted by atomic mass is 19.1. The molecule has 1 amide bonds. The predicted molar refractivity (Wildman–Crippen MR) is 97.9 cm³/mol. The first-order chi connectivity index (χ1) is 13.6. The van der Waals surface area contributed by atoms with Crippen molar-refractivity contribution in [2.24, 2.45) is 0 Å². The molecule has 28 heavy (non-hydrogen) atoms. The van der Waals surface area contributed by atoms with Crippen LogP contribution in [-0.2, 0) is 31.1 Å². The molecular formula is C20H19FN2O5. The Hall–Kier alpha value is -3.39. The summed E-state index contributed by atoms with van der Waals surface area (Å²) in [6, 6.07) is 10.7. The summed E-state index contributed by atoms with van der Waals surface area (Å²) in [5.41, 5.74) is 0.0971. The lowest BCUT2D eigenvalue weighted by atomic mass is 10.2. The van der Waals surface area contributed by atoms with Crippen LogP contribution in [0.1, 0.15) is 17.0 Å². The number of hydrogen-bond acceptors (Lipinski definition) is 5. The first-order valence-corrected chi connectivity index (χ1v) is 8.56. The Balaban J connectivity index is 1.71. The molecule has 0 fully saturated rings. The van der Waals surface area contributed by atoms with Gasteiger partial charge in [0.2, 0.25) is 11.3 Å². The van der Waals surface area contributed by atoms with Crippen LogP contribution in [0.4, 0.5) is 4.39 Å². The van der Waals surface area contributed by atoms with Crippen molar-refractivity contribution in [1.29, 1.82) is 0 Å². The van der Waals surface area contributed by atoms with Crippen molar-refractivity contribution in [3.05, 3.63) is 88.0 Å². The van der Waals surface area contributed by atoms with Crippen LogP contribution in [0, 0.1) is 5.82 Å². The topological polar surface area (TPSA) is 93.7 Å². The number of amides is 1. The smallest absolute Gasteiger partial charge is 0.240 e. The zero-order chi connectivity index (χ0) is 19.9. The minimum atomic E-state index is -0.465. The molecule has 3 aromatic rings. The van der Waals surface area contributed by atoms with Crippen molar-refractivity contribution < 1.29 is 23.4 Å². The van der Waals surface area contributed by atoms with Crippen molar-refractivity contribution in [1.82, 2.24) is 9.88 Å². The second-order valence-electron chi connectivity index (χ2n) is 6.02. The number of carbonyl (C=O) groups excluding carboxylic acids is 1. The van der Waals surface area contributed by atoms with Crippen LogP contribution in [0.3, 0.4) is 0 Å². The van der Waals surface area contributed by atoms with Gasteiger partial charge < -0.3 is 24.1 Å². The second kappa shape index (κ2) is 9.01. The summed E-state index contributed by atoms with van der Waals surface area (Å²) in [5, 5.41) is 12.2. The highest BCUT2D eigenvalue weighted by Crippen LogP contribution is 2.12. The Labute approximate surface area is 160 Å². The standard InChI is InChI=1S/C20H19FN2O5/c21-17-6-2-1-4-14(17)13-28-19-10-23(15(12-24)8-18(19)25)11-20(26)22-9-16-5-3-7-27-16/h1-8,10,24H,9,11-13H2,(H,22,26). The number of aliphatic hydroxyl groups excluding tert-OH is 1. The van der Waals surface area contributed by atoms with Crippen LogP contribution in [0.5, 0.6) is 5.75 Å². The maximum absolute atomic E-state index is 13.7. The lowest BCUT2D eigenvalue weighted by Crippen LogP contribution is -2.28. The quantitative estimate of drug-likeness (QED) is 0.617. The predicted octanol–water partition coefficient (Wildman–Crippen LogP) is 1.97. The van der Waals surface area contributed by atoms with E-state index in [0.29, 0.717) is 11.3 Å². The average molecular weight is 386 g/mol. The molecule has 2 aromatic heterocycles. The van der Waals surface area contributed by atoms with Gasteiger partial charge in [0.15, 0.2) is 5.75 Å². The lowest BCUT2D eigenvalue weighted by molar-refractivity contribution is -0.122. The zero-order valence-electron chi connectivity index (χ0n) is 14.9. The summed E-state index contributed by atoms with van der Waals surface area (Å²) in [6.07, 6.45) is 2.84. The fourth-order valence-electron chi connectivity index (χ4n) is 2.57.